The molecule has 0 unspecified atom stereocenters. The summed E-state index contributed by atoms with van der Waals surface area (Å²) in [5, 5.41) is 6.28. The average molecular weight is 481 g/mol. The molecule has 0 aliphatic carbocycles. The normalized spacial score (nSPS) is 10.9. The van der Waals surface area contributed by atoms with Crippen molar-refractivity contribution in [1.29, 1.82) is 0 Å². The van der Waals surface area contributed by atoms with Crippen LogP contribution in [0.15, 0.2) is 79.3 Å². The summed E-state index contributed by atoms with van der Waals surface area (Å²) in [7, 11) is 0. The first-order chi connectivity index (χ1) is 17.6. The number of carbonyl (C=O) groups is 1. The number of hydrogen-bond donors (Lipinski definition) is 2. The van der Waals surface area contributed by atoms with E-state index < -0.39 is 0 Å². The Labute approximate surface area is 212 Å². The summed E-state index contributed by atoms with van der Waals surface area (Å²) < 4.78 is 0. The predicted octanol–water partition coefficient (Wildman–Crippen LogP) is 6.07. The fraction of sp³-hybridized carbons (Fsp3) is 0.241. The van der Waals surface area contributed by atoms with Gasteiger partial charge in [0.05, 0.1) is 5.69 Å². The van der Waals surface area contributed by atoms with E-state index in [9.17, 15) is 4.79 Å². The van der Waals surface area contributed by atoms with Crippen molar-refractivity contribution < 1.29 is 4.79 Å². The van der Waals surface area contributed by atoms with Gasteiger partial charge in [0.2, 0.25) is 5.95 Å². The van der Waals surface area contributed by atoms with Crippen LogP contribution >= 0.6 is 0 Å². The summed E-state index contributed by atoms with van der Waals surface area (Å²) in [6.07, 6.45) is 6.34. The van der Waals surface area contributed by atoms with Crippen molar-refractivity contribution in [2.75, 3.05) is 23.7 Å². The summed E-state index contributed by atoms with van der Waals surface area (Å²) in [6, 6.07) is 19.3. The number of anilines is 3. The molecule has 4 rings (SSSR count). The zero-order valence-electron chi connectivity index (χ0n) is 21.0. The minimum Gasteiger partial charge on any atom is -0.324 e. The van der Waals surface area contributed by atoms with Crippen molar-refractivity contribution in [2.45, 2.75) is 33.7 Å². The topological polar surface area (TPSA) is 83.0 Å². The lowest BCUT2D eigenvalue weighted by molar-refractivity contribution is 0.102. The van der Waals surface area contributed by atoms with Crippen LogP contribution < -0.4 is 10.6 Å². The maximum Gasteiger partial charge on any atom is 0.255 e. The highest BCUT2D eigenvalue weighted by atomic mass is 16.1. The summed E-state index contributed by atoms with van der Waals surface area (Å²) in [5.74, 6) is 0.329. The molecule has 0 saturated heterocycles. The van der Waals surface area contributed by atoms with E-state index in [1.165, 1.54) is 5.56 Å². The van der Waals surface area contributed by atoms with Crippen LogP contribution in [-0.2, 0) is 6.54 Å². The first-order valence-corrected chi connectivity index (χ1v) is 12.3. The van der Waals surface area contributed by atoms with E-state index in [4.69, 9.17) is 0 Å². The molecule has 0 aliphatic heterocycles. The van der Waals surface area contributed by atoms with Gasteiger partial charge in [-0.05, 0) is 80.0 Å². The van der Waals surface area contributed by atoms with Crippen molar-refractivity contribution in [3.05, 3.63) is 95.9 Å². The van der Waals surface area contributed by atoms with Gasteiger partial charge in [0, 0.05) is 47.6 Å². The van der Waals surface area contributed by atoms with Gasteiger partial charge in [0.15, 0.2) is 0 Å². The van der Waals surface area contributed by atoms with Gasteiger partial charge in [-0.2, -0.15) is 0 Å². The molecule has 0 spiro atoms. The molecule has 1 amide bonds. The lowest BCUT2D eigenvalue weighted by Gasteiger charge is -2.19. The second-order valence-corrected chi connectivity index (χ2v) is 8.68. The van der Waals surface area contributed by atoms with Crippen molar-refractivity contribution >= 4 is 23.2 Å². The van der Waals surface area contributed by atoms with Gasteiger partial charge in [0.1, 0.15) is 0 Å². The second-order valence-electron chi connectivity index (χ2n) is 8.68. The van der Waals surface area contributed by atoms with Crippen molar-refractivity contribution in [3.8, 4) is 11.3 Å². The van der Waals surface area contributed by atoms with Crippen LogP contribution in [0.2, 0.25) is 0 Å². The fourth-order valence-electron chi connectivity index (χ4n) is 3.94. The molecule has 184 valence electrons. The first kappa shape index (κ1) is 25.0. The summed E-state index contributed by atoms with van der Waals surface area (Å²) in [4.78, 5) is 28.4. The van der Waals surface area contributed by atoms with E-state index in [1.54, 1.807) is 18.6 Å². The first-order valence-electron chi connectivity index (χ1n) is 12.3. The number of benzene rings is 2. The van der Waals surface area contributed by atoms with Gasteiger partial charge in [-0.3, -0.25) is 14.7 Å². The molecule has 7 heteroatoms. The van der Waals surface area contributed by atoms with Crippen LogP contribution in [-0.4, -0.2) is 38.8 Å². The maximum atomic E-state index is 12.9. The number of pyridine rings is 1. The Balaban J connectivity index is 1.44. The Morgan fingerprint density at radius 3 is 2.56 bits per heavy atom. The number of rotatable bonds is 10. The number of nitrogens with one attached hydrogen (secondary N) is 2. The highest BCUT2D eigenvalue weighted by Crippen LogP contribution is 2.24. The molecule has 2 heterocycles. The Hall–Kier alpha value is -4.10. The van der Waals surface area contributed by atoms with E-state index >= 15 is 0 Å². The molecule has 0 fully saturated rings. The number of aryl methyl sites for hydroxylation is 1. The second kappa shape index (κ2) is 12.0. The molecule has 0 atom stereocenters. The molecule has 4 aromatic rings. The Morgan fingerprint density at radius 2 is 1.83 bits per heavy atom. The van der Waals surface area contributed by atoms with Gasteiger partial charge in [-0.1, -0.05) is 32.0 Å². The number of carbonyl (C=O) groups excluding carboxylic acids is 1. The highest BCUT2D eigenvalue weighted by molar-refractivity contribution is 6.04. The number of nitrogens with zero attached hydrogens (tertiary/aromatic N) is 4. The average Bonchev–Trinajstić information content (AvgIpc) is 2.91. The third kappa shape index (κ3) is 6.52. The van der Waals surface area contributed by atoms with Crippen LogP contribution in [0.5, 0.6) is 0 Å². The summed E-state index contributed by atoms with van der Waals surface area (Å²) in [6.45, 7) is 9.33. The van der Waals surface area contributed by atoms with Gasteiger partial charge < -0.3 is 10.6 Å². The number of aromatic nitrogens is 3. The smallest absolute Gasteiger partial charge is 0.255 e. The number of amides is 1. The number of hydrogen-bond acceptors (Lipinski definition) is 6. The lowest BCUT2D eigenvalue weighted by Crippen LogP contribution is -2.23. The maximum absolute atomic E-state index is 12.9. The van der Waals surface area contributed by atoms with Crippen molar-refractivity contribution in [2.24, 2.45) is 0 Å². The van der Waals surface area contributed by atoms with Crippen LogP contribution in [0.1, 0.15) is 41.8 Å². The third-order valence-electron chi connectivity index (χ3n) is 5.96. The zero-order chi connectivity index (χ0) is 25.3. The van der Waals surface area contributed by atoms with Crippen molar-refractivity contribution in [1.82, 2.24) is 19.9 Å². The minimum atomic E-state index is -0.146. The van der Waals surface area contributed by atoms with Crippen LogP contribution in [0.4, 0.5) is 17.3 Å². The van der Waals surface area contributed by atoms with Crippen LogP contribution in [0, 0.1) is 6.92 Å². The largest absolute Gasteiger partial charge is 0.324 e. The Morgan fingerprint density at radius 1 is 1.00 bits per heavy atom. The molecule has 2 N–H and O–H groups in total. The van der Waals surface area contributed by atoms with Crippen molar-refractivity contribution in [3.63, 3.8) is 0 Å². The summed E-state index contributed by atoms with van der Waals surface area (Å²) >= 11 is 0. The lowest BCUT2D eigenvalue weighted by atomic mass is 10.1. The molecular weight excluding hydrogens is 448 g/mol. The molecule has 2 aromatic carbocycles. The third-order valence-corrected chi connectivity index (χ3v) is 5.96. The SMILES string of the molecule is CCCN(CC)Cc1ccc(C(=O)Nc2ccc(C)c(Nc3nccc(-c4cccnc4)n3)c2)cc1. The predicted molar refractivity (Wildman–Crippen MR) is 145 cm³/mol. The molecular formula is C29H32N6O. The van der Waals surface area contributed by atoms with Gasteiger partial charge in [-0.15, -0.1) is 0 Å². The summed E-state index contributed by atoms with van der Waals surface area (Å²) in [5.41, 5.74) is 6.06. The Bertz CT molecular complexity index is 1290. The molecule has 2 aromatic heterocycles. The molecule has 0 bridgehead atoms. The molecule has 0 radical (unpaired) electrons. The van der Waals surface area contributed by atoms with Gasteiger partial charge in [-0.25, -0.2) is 9.97 Å². The molecule has 36 heavy (non-hydrogen) atoms. The standard InChI is InChI=1S/C29H32N6O/c1-4-17-35(5-2)20-22-9-11-23(12-10-22)28(36)32-25-13-8-21(3)27(18-25)34-29-31-16-14-26(33-29)24-7-6-15-30-19-24/h6-16,18-19H,4-5,17,20H2,1-3H3,(H,32,36)(H,31,33,34). The minimum absolute atomic E-state index is 0.146. The Kier molecular flexibility index (Phi) is 8.36. The highest BCUT2D eigenvalue weighted by Gasteiger charge is 2.10. The zero-order valence-corrected chi connectivity index (χ0v) is 21.0. The van der Waals surface area contributed by atoms with E-state index in [2.05, 4.69) is 44.3 Å². The van der Waals surface area contributed by atoms with E-state index in [-0.39, 0.29) is 5.91 Å². The monoisotopic (exact) mass is 480 g/mol. The van der Waals surface area contributed by atoms with E-state index in [0.717, 1.165) is 48.6 Å². The molecule has 0 saturated carbocycles. The van der Waals surface area contributed by atoms with Gasteiger partial charge in [0.25, 0.3) is 5.91 Å². The van der Waals surface area contributed by atoms with Gasteiger partial charge >= 0.3 is 0 Å². The van der Waals surface area contributed by atoms with Crippen LogP contribution in [0.25, 0.3) is 11.3 Å². The molecule has 0 aliphatic rings. The quantitative estimate of drug-likeness (QED) is 0.286. The van der Waals surface area contributed by atoms with Crippen LogP contribution in [0.3, 0.4) is 0 Å². The fourth-order valence-corrected chi connectivity index (χ4v) is 3.94. The molecule has 7 nitrogen and oxygen atoms in total. The van der Waals surface area contributed by atoms with E-state index in [1.807, 2.05) is 67.6 Å². The van der Waals surface area contributed by atoms with E-state index in [0.29, 0.717) is 17.2 Å².